The van der Waals surface area contributed by atoms with Gasteiger partial charge in [0.2, 0.25) is 5.91 Å². The standard InChI is InChI=1S/C15H19NO3S/c1-10-8-19-11(7-17)6-16(10)15(18)13-9-20-14-5-3-2-4-12(13)14/h2-5,10-11,13,17H,6-9H2,1H3. The van der Waals surface area contributed by atoms with Crippen LogP contribution in [-0.2, 0) is 9.53 Å². The molecule has 3 atom stereocenters. The van der Waals surface area contributed by atoms with E-state index in [0.717, 1.165) is 11.3 Å². The predicted octanol–water partition coefficient (Wildman–Crippen LogP) is 1.48. The second-order valence-corrected chi connectivity index (χ2v) is 6.44. The molecule has 5 heteroatoms. The van der Waals surface area contributed by atoms with Gasteiger partial charge in [0.15, 0.2) is 0 Å². The van der Waals surface area contributed by atoms with Gasteiger partial charge in [-0.05, 0) is 18.6 Å². The average Bonchev–Trinajstić information content (AvgIpc) is 2.91. The van der Waals surface area contributed by atoms with E-state index in [9.17, 15) is 9.90 Å². The minimum Gasteiger partial charge on any atom is -0.394 e. The molecule has 2 heterocycles. The first kappa shape index (κ1) is 13.9. The summed E-state index contributed by atoms with van der Waals surface area (Å²) in [5.41, 5.74) is 1.14. The maximum absolute atomic E-state index is 12.8. The van der Waals surface area contributed by atoms with E-state index in [2.05, 4.69) is 6.07 Å². The maximum Gasteiger partial charge on any atom is 0.231 e. The van der Waals surface area contributed by atoms with Gasteiger partial charge in [0.05, 0.1) is 31.3 Å². The zero-order chi connectivity index (χ0) is 14.1. The minimum atomic E-state index is -0.251. The van der Waals surface area contributed by atoms with Crippen molar-refractivity contribution in [1.29, 1.82) is 0 Å². The van der Waals surface area contributed by atoms with Crippen molar-refractivity contribution in [3.05, 3.63) is 29.8 Å². The Balaban J connectivity index is 1.79. The molecule has 3 unspecified atom stereocenters. The van der Waals surface area contributed by atoms with Gasteiger partial charge < -0.3 is 14.7 Å². The minimum absolute atomic E-state index is 0.0352. The molecule has 0 aromatic heterocycles. The first-order valence-corrected chi connectivity index (χ1v) is 7.94. The van der Waals surface area contributed by atoms with Gasteiger partial charge in [-0.25, -0.2) is 0 Å². The van der Waals surface area contributed by atoms with Gasteiger partial charge in [-0.15, -0.1) is 11.8 Å². The Morgan fingerprint density at radius 3 is 3.10 bits per heavy atom. The maximum atomic E-state index is 12.8. The monoisotopic (exact) mass is 293 g/mol. The highest BCUT2D eigenvalue weighted by molar-refractivity contribution is 7.99. The summed E-state index contributed by atoms with van der Waals surface area (Å²) >= 11 is 1.75. The van der Waals surface area contributed by atoms with E-state index in [-0.39, 0.29) is 30.6 Å². The SMILES string of the molecule is CC1COC(CO)CN1C(=O)C1CSc2ccccc21. The summed E-state index contributed by atoms with van der Waals surface area (Å²) in [6.45, 7) is 2.95. The zero-order valence-corrected chi connectivity index (χ0v) is 12.3. The van der Waals surface area contributed by atoms with Crippen molar-refractivity contribution in [3.8, 4) is 0 Å². The molecule has 108 valence electrons. The molecule has 1 aromatic rings. The lowest BCUT2D eigenvalue weighted by Crippen LogP contribution is -2.53. The number of thioether (sulfide) groups is 1. The van der Waals surface area contributed by atoms with Gasteiger partial charge >= 0.3 is 0 Å². The summed E-state index contributed by atoms with van der Waals surface area (Å²) < 4.78 is 5.50. The number of nitrogens with zero attached hydrogens (tertiary/aromatic N) is 1. The number of hydrogen-bond donors (Lipinski definition) is 1. The van der Waals surface area contributed by atoms with Crippen molar-refractivity contribution in [1.82, 2.24) is 4.90 Å². The number of fused-ring (bicyclic) bond motifs is 1. The number of aliphatic hydroxyl groups excluding tert-OH is 1. The fourth-order valence-electron chi connectivity index (χ4n) is 2.80. The van der Waals surface area contributed by atoms with Crippen LogP contribution in [0.2, 0.25) is 0 Å². The van der Waals surface area contributed by atoms with Crippen molar-refractivity contribution in [2.45, 2.75) is 29.9 Å². The summed E-state index contributed by atoms with van der Waals surface area (Å²) in [6, 6.07) is 8.20. The van der Waals surface area contributed by atoms with Gasteiger partial charge in [0, 0.05) is 17.2 Å². The summed E-state index contributed by atoms with van der Waals surface area (Å²) in [7, 11) is 0. The molecule has 0 saturated carbocycles. The summed E-state index contributed by atoms with van der Waals surface area (Å²) in [5.74, 6) is 0.916. The lowest BCUT2D eigenvalue weighted by atomic mass is 9.98. The molecule has 4 nitrogen and oxygen atoms in total. The zero-order valence-electron chi connectivity index (χ0n) is 11.5. The highest BCUT2D eigenvalue weighted by atomic mass is 32.2. The van der Waals surface area contributed by atoms with Crippen LogP contribution >= 0.6 is 11.8 Å². The van der Waals surface area contributed by atoms with Crippen LogP contribution < -0.4 is 0 Å². The second kappa shape index (κ2) is 5.76. The highest BCUT2D eigenvalue weighted by Gasteiger charge is 2.36. The molecule has 0 bridgehead atoms. The second-order valence-electron chi connectivity index (χ2n) is 5.38. The lowest BCUT2D eigenvalue weighted by molar-refractivity contribution is -0.147. The predicted molar refractivity (Wildman–Crippen MR) is 77.9 cm³/mol. The summed E-state index contributed by atoms with van der Waals surface area (Å²) in [4.78, 5) is 15.9. The third-order valence-corrected chi connectivity index (χ3v) is 5.17. The number of carbonyl (C=O) groups excluding carboxylic acids is 1. The van der Waals surface area contributed by atoms with Gasteiger partial charge in [0.25, 0.3) is 0 Å². The van der Waals surface area contributed by atoms with Crippen LogP contribution in [0.15, 0.2) is 29.2 Å². The summed E-state index contributed by atoms with van der Waals surface area (Å²) in [5, 5.41) is 9.23. The molecule has 1 aromatic carbocycles. The van der Waals surface area contributed by atoms with E-state index in [4.69, 9.17) is 4.74 Å². The first-order valence-electron chi connectivity index (χ1n) is 6.95. The van der Waals surface area contributed by atoms with Crippen LogP contribution in [0.3, 0.4) is 0 Å². The average molecular weight is 293 g/mol. The molecule has 0 radical (unpaired) electrons. The van der Waals surface area contributed by atoms with Crippen molar-refractivity contribution < 1.29 is 14.6 Å². The van der Waals surface area contributed by atoms with Crippen molar-refractivity contribution in [2.24, 2.45) is 0 Å². The van der Waals surface area contributed by atoms with E-state index in [0.29, 0.717) is 13.2 Å². The molecule has 1 amide bonds. The Hall–Kier alpha value is -1.04. The molecule has 0 aliphatic carbocycles. The number of hydrogen-bond acceptors (Lipinski definition) is 4. The van der Waals surface area contributed by atoms with Crippen LogP contribution in [0.4, 0.5) is 0 Å². The molecule has 2 aliphatic rings. The normalized spacial score (nSPS) is 29.3. The van der Waals surface area contributed by atoms with Gasteiger partial charge in [-0.1, -0.05) is 18.2 Å². The third kappa shape index (κ3) is 2.45. The Kier molecular flexibility index (Phi) is 4.01. The highest BCUT2D eigenvalue weighted by Crippen LogP contribution is 2.40. The largest absolute Gasteiger partial charge is 0.394 e. The van der Waals surface area contributed by atoms with Gasteiger partial charge in [-0.2, -0.15) is 0 Å². The van der Waals surface area contributed by atoms with Crippen LogP contribution in [0.25, 0.3) is 0 Å². The Labute approximate surface area is 123 Å². The number of amides is 1. The van der Waals surface area contributed by atoms with Crippen LogP contribution in [0, 0.1) is 0 Å². The number of carbonyl (C=O) groups is 1. The van der Waals surface area contributed by atoms with E-state index < -0.39 is 0 Å². The van der Waals surface area contributed by atoms with Crippen LogP contribution in [-0.4, -0.2) is 53.6 Å². The molecular weight excluding hydrogens is 274 g/mol. The van der Waals surface area contributed by atoms with Gasteiger partial charge in [-0.3, -0.25) is 4.79 Å². The van der Waals surface area contributed by atoms with Crippen LogP contribution in [0.5, 0.6) is 0 Å². The van der Waals surface area contributed by atoms with Crippen molar-refractivity contribution in [3.63, 3.8) is 0 Å². The molecule has 2 aliphatic heterocycles. The Morgan fingerprint density at radius 2 is 2.30 bits per heavy atom. The molecule has 1 N–H and O–H groups in total. The smallest absolute Gasteiger partial charge is 0.231 e. The molecular formula is C15H19NO3S. The topological polar surface area (TPSA) is 49.8 Å². The molecule has 0 spiro atoms. The lowest BCUT2D eigenvalue weighted by Gasteiger charge is -2.38. The number of benzene rings is 1. The number of morpholine rings is 1. The number of rotatable bonds is 2. The fraction of sp³-hybridized carbons (Fsp3) is 0.533. The molecule has 20 heavy (non-hydrogen) atoms. The van der Waals surface area contributed by atoms with E-state index >= 15 is 0 Å². The Morgan fingerprint density at radius 1 is 1.50 bits per heavy atom. The molecule has 1 fully saturated rings. The number of ether oxygens (including phenoxy) is 1. The van der Waals surface area contributed by atoms with Gasteiger partial charge in [0.1, 0.15) is 0 Å². The van der Waals surface area contributed by atoms with Crippen molar-refractivity contribution in [2.75, 3.05) is 25.5 Å². The molecule has 3 rings (SSSR count). The van der Waals surface area contributed by atoms with E-state index in [1.165, 1.54) is 4.90 Å². The molecule has 1 saturated heterocycles. The number of aliphatic hydroxyl groups is 1. The summed E-state index contributed by atoms with van der Waals surface area (Å²) in [6.07, 6.45) is -0.251. The first-order chi connectivity index (χ1) is 9.70. The van der Waals surface area contributed by atoms with Crippen LogP contribution in [0.1, 0.15) is 18.4 Å². The van der Waals surface area contributed by atoms with E-state index in [1.807, 2.05) is 30.0 Å². The Bertz CT molecular complexity index is 508. The third-order valence-electron chi connectivity index (χ3n) is 3.99. The fourth-order valence-corrected chi connectivity index (χ4v) is 4.02. The van der Waals surface area contributed by atoms with Crippen molar-refractivity contribution >= 4 is 17.7 Å². The van der Waals surface area contributed by atoms with E-state index in [1.54, 1.807) is 11.8 Å². The quantitative estimate of drug-likeness (QED) is 0.897.